The molecule has 0 spiro atoms. The van der Waals surface area contributed by atoms with E-state index >= 15 is 0 Å². The predicted molar refractivity (Wildman–Crippen MR) is 123 cm³/mol. The van der Waals surface area contributed by atoms with Crippen molar-refractivity contribution in [1.29, 1.82) is 0 Å². The Kier molecular flexibility index (Phi) is 10.4. The Morgan fingerprint density at radius 1 is 1.14 bits per heavy atom. The van der Waals surface area contributed by atoms with E-state index < -0.39 is 0 Å². The summed E-state index contributed by atoms with van der Waals surface area (Å²) in [5.74, 6) is 0.811. The zero-order valence-electron chi connectivity index (χ0n) is 16.5. The Labute approximate surface area is 184 Å². The zero-order chi connectivity index (χ0) is 18.7. The maximum atomic E-state index is 6.02. The number of halogens is 1. The van der Waals surface area contributed by atoms with Crippen LogP contribution in [0.25, 0.3) is 0 Å². The van der Waals surface area contributed by atoms with Gasteiger partial charge < -0.3 is 24.7 Å². The molecule has 0 amide bonds. The molecule has 0 atom stereocenters. The van der Waals surface area contributed by atoms with E-state index in [0.717, 1.165) is 51.6 Å². The Morgan fingerprint density at radius 3 is 2.64 bits per heavy atom. The van der Waals surface area contributed by atoms with Gasteiger partial charge in [0.05, 0.1) is 12.7 Å². The van der Waals surface area contributed by atoms with E-state index in [2.05, 4.69) is 56.9 Å². The number of nitrogens with one attached hydrogen (secondary N) is 2. The fraction of sp³-hybridized carbons (Fsp3) is 0.476. The van der Waals surface area contributed by atoms with Crippen LogP contribution in [-0.2, 0) is 29.2 Å². The maximum Gasteiger partial charge on any atom is 0.191 e. The molecule has 0 unspecified atom stereocenters. The lowest BCUT2D eigenvalue weighted by Crippen LogP contribution is -2.38. The number of rotatable bonds is 8. The molecule has 1 saturated heterocycles. The van der Waals surface area contributed by atoms with Gasteiger partial charge in [0.25, 0.3) is 0 Å². The SMILES string of the molecule is CN=C(NCCn1cccc1)NCc1cccc(COC2CCOCC2)c1.I. The molecule has 28 heavy (non-hydrogen) atoms. The lowest BCUT2D eigenvalue weighted by Gasteiger charge is -2.22. The van der Waals surface area contributed by atoms with Crippen molar-refractivity contribution in [3.63, 3.8) is 0 Å². The van der Waals surface area contributed by atoms with Crippen molar-refractivity contribution >= 4 is 29.9 Å². The highest BCUT2D eigenvalue weighted by Gasteiger charge is 2.14. The number of benzene rings is 1. The first-order chi connectivity index (χ1) is 13.3. The molecule has 3 rings (SSSR count). The second-order valence-corrected chi connectivity index (χ2v) is 6.72. The molecular weight excluding hydrogens is 467 g/mol. The number of hydrogen-bond acceptors (Lipinski definition) is 3. The minimum Gasteiger partial charge on any atom is -0.381 e. The quantitative estimate of drug-likeness (QED) is 0.334. The van der Waals surface area contributed by atoms with Crippen LogP contribution in [0, 0.1) is 0 Å². The Balaban J connectivity index is 0.00000280. The van der Waals surface area contributed by atoms with Gasteiger partial charge in [-0.1, -0.05) is 24.3 Å². The number of nitrogens with zero attached hydrogens (tertiary/aromatic N) is 2. The van der Waals surface area contributed by atoms with Crippen LogP contribution in [0.2, 0.25) is 0 Å². The van der Waals surface area contributed by atoms with Gasteiger partial charge in [-0.15, -0.1) is 24.0 Å². The summed E-state index contributed by atoms with van der Waals surface area (Å²) in [7, 11) is 1.79. The van der Waals surface area contributed by atoms with Crippen molar-refractivity contribution in [2.75, 3.05) is 26.8 Å². The maximum absolute atomic E-state index is 6.02. The number of aliphatic imine (C=N–C) groups is 1. The minimum atomic E-state index is 0. The summed E-state index contributed by atoms with van der Waals surface area (Å²) < 4.78 is 13.5. The molecular formula is C21H31IN4O2. The molecule has 1 aromatic carbocycles. The monoisotopic (exact) mass is 498 g/mol. The van der Waals surface area contributed by atoms with Gasteiger partial charge in [0.1, 0.15) is 0 Å². The molecule has 1 aliphatic heterocycles. The topological polar surface area (TPSA) is 59.8 Å². The number of ether oxygens (including phenoxy) is 2. The van der Waals surface area contributed by atoms with Gasteiger partial charge in [0.2, 0.25) is 0 Å². The Bertz CT molecular complexity index is 700. The summed E-state index contributed by atoms with van der Waals surface area (Å²) in [5, 5.41) is 6.71. The molecule has 154 valence electrons. The van der Waals surface area contributed by atoms with E-state index in [0.29, 0.717) is 12.7 Å². The molecule has 2 heterocycles. The van der Waals surface area contributed by atoms with Crippen LogP contribution in [0.1, 0.15) is 24.0 Å². The normalized spacial score (nSPS) is 15.1. The van der Waals surface area contributed by atoms with E-state index in [1.165, 1.54) is 11.1 Å². The fourth-order valence-electron chi connectivity index (χ4n) is 3.12. The molecule has 7 heteroatoms. The number of aromatic nitrogens is 1. The van der Waals surface area contributed by atoms with Gasteiger partial charge in [-0.25, -0.2) is 0 Å². The molecule has 2 N–H and O–H groups in total. The second kappa shape index (κ2) is 12.8. The van der Waals surface area contributed by atoms with E-state index in [9.17, 15) is 0 Å². The third-order valence-corrected chi connectivity index (χ3v) is 4.66. The van der Waals surface area contributed by atoms with Gasteiger partial charge in [-0.05, 0) is 36.1 Å². The molecule has 0 saturated carbocycles. The predicted octanol–water partition coefficient (Wildman–Crippen LogP) is 3.17. The molecule has 1 aromatic heterocycles. The van der Waals surface area contributed by atoms with Crippen LogP contribution in [-0.4, -0.2) is 43.4 Å². The summed E-state index contributed by atoms with van der Waals surface area (Å²) in [5.41, 5.74) is 2.42. The summed E-state index contributed by atoms with van der Waals surface area (Å²) >= 11 is 0. The average Bonchev–Trinajstić information content (AvgIpc) is 3.23. The molecule has 1 fully saturated rings. The van der Waals surface area contributed by atoms with Crippen molar-refractivity contribution in [2.24, 2.45) is 4.99 Å². The summed E-state index contributed by atoms with van der Waals surface area (Å²) in [6.45, 7) is 4.74. The minimum absolute atomic E-state index is 0. The first kappa shape index (κ1) is 22.7. The van der Waals surface area contributed by atoms with Crippen LogP contribution in [0.15, 0.2) is 53.8 Å². The Morgan fingerprint density at radius 2 is 1.89 bits per heavy atom. The highest BCUT2D eigenvalue weighted by atomic mass is 127. The van der Waals surface area contributed by atoms with Gasteiger partial charge >= 0.3 is 0 Å². The summed E-state index contributed by atoms with van der Waals surface area (Å²) in [6.07, 6.45) is 6.43. The van der Waals surface area contributed by atoms with Crippen LogP contribution in [0.3, 0.4) is 0 Å². The van der Waals surface area contributed by atoms with E-state index in [1.807, 2.05) is 12.1 Å². The summed E-state index contributed by atoms with van der Waals surface area (Å²) in [6, 6.07) is 12.6. The first-order valence-corrected chi connectivity index (χ1v) is 9.66. The number of guanidine groups is 1. The summed E-state index contributed by atoms with van der Waals surface area (Å²) in [4.78, 5) is 4.29. The molecule has 0 bridgehead atoms. The van der Waals surface area contributed by atoms with E-state index in [-0.39, 0.29) is 24.0 Å². The van der Waals surface area contributed by atoms with Crippen LogP contribution in [0.4, 0.5) is 0 Å². The lowest BCUT2D eigenvalue weighted by atomic mass is 10.1. The zero-order valence-corrected chi connectivity index (χ0v) is 18.8. The first-order valence-electron chi connectivity index (χ1n) is 9.66. The van der Waals surface area contributed by atoms with Crippen LogP contribution < -0.4 is 10.6 Å². The van der Waals surface area contributed by atoms with Crippen molar-refractivity contribution in [1.82, 2.24) is 15.2 Å². The standard InChI is InChI=1S/C21H30N4O2.HI/c1-22-21(23-9-12-25-10-2-3-11-25)24-16-18-5-4-6-19(15-18)17-27-20-7-13-26-14-8-20;/h2-6,10-11,15,20H,7-9,12-14,16-17H2,1H3,(H2,22,23,24);1H. The average molecular weight is 498 g/mol. The lowest BCUT2D eigenvalue weighted by molar-refractivity contribution is -0.0390. The molecule has 0 aliphatic carbocycles. The van der Waals surface area contributed by atoms with Crippen LogP contribution in [0.5, 0.6) is 0 Å². The van der Waals surface area contributed by atoms with Crippen molar-refractivity contribution in [2.45, 2.75) is 38.6 Å². The molecule has 6 nitrogen and oxygen atoms in total. The third kappa shape index (κ3) is 7.81. The van der Waals surface area contributed by atoms with Gasteiger partial charge in [0.15, 0.2) is 5.96 Å². The Hall–Kier alpha value is -1.58. The van der Waals surface area contributed by atoms with E-state index in [4.69, 9.17) is 9.47 Å². The molecule has 2 aromatic rings. The fourth-order valence-corrected chi connectivity index (χ4v) is 3.12. The van der Waals surface area contributed by atoms with Gasteiger partial charge in [0, 0.05) is 52.3 Å². The largest absolute Gasteiger partial charge is 0.381 e. The van der Waals surface area contributed by atoms with Crippen molar-refractivity contribution in [3.8, 4) is 0 Å². The number of hydrogen-bond donors (Lipinski definition) is 2. The second-order valence-electron chi connectivity index (χ2n) is 6.72. The van der Waals surface area contributed by atoms with Crippen molar-refractivity contribution < 1.29 is 9.47 Å². The van der Waals surface area contributed by atoms with Crippen molar-refractivity contribution in [3.05, 3.63) is 59.9 Å². The van der Waals surface area contributed by atoms with Crippen LogP contribution >= 0.6 is 24.0 Å². The molecule has 1 aliphatic rings. The molecule has 0 radical (unpaired) electrons. The smallest absolute Gasteiger partial charge is 0.191 e. The highest BCUT2D eigenvalue weighted by molar-refractivity contribution is 14.0. The third-order valence-electron chi connectivity index (χ3n) is 4.66. The van der Waals surface area contributed by atoms with E-state index in [1.54, 1.807) is 7.05 Å². The van der Waals surface area contributed by atoms with Gasteiger partial charge in [-0.2, -0.15) is 0 Å². The highest BCUT2D eigenvalue weighted by Crippen LogP contribution is 2.14. The van der Waals surface area contributed by atoms with Gasteiger partial charge in [-0.3, -0.25) is 4.99 Å².